The van der Waals surface area contributed by atoms with Gasteiger partial charge in [-0.25, -0.2) is 4.79 Å². The first-order valence-electron chi connectivity index (χ1n) is 10.7. The van der Waals surface area contributed by atoms with Gasteiger partial charge < -0.3 is 19.7 Å². The normalized spacial score (nSPS) is 19.8. The van der Waals surface area contributed by atoms with E-state index in [-0.39, 0.29) is 12.1 Å². The van der Waals surface area contributed by atoms with Crippen molar-refractivity contribution in [2.75, 3.05) is 46.5 Å². The molecule has 0 spiro atoms. The van der Waals surface area contributed by atoms with Gasteiger partial charge in [-0.05, 0) is 37.5 Å². The molecule has 0 radical (unpaired) electrons. The zero-order valence-corrected chi connectivity index (χ0v) is 17.4. The van der Waals surface area contributed by atoms with Crippen molar-refractivity contribution in [1.82, 2.24) is 15.1 Å². The summed E-state index contributed by atoms with van der Waals surface area (Å²) in [4.78, 5) is 17.4. The van der Waals surface area contributed by atoms with E-state index >= 15 is 0 Å². The molecule has 6 heteroatoms. The van der Waals surface area contributed by atoms with Crippen LogP contribution in [0.4, 0.5) is 4.79 Å². The van der Waals surface area contributed by atoms with E-state index in [1.807, 2.05) is 17.0 Å². The van der Waals surface area contributed by atoms with Crippen molar-refractivity contribution in [3.63, 3.8) is 0 Å². The summed E-state index contributed by atoms with van der Waals surface area (Å²) < 4.78 is 10.8. The molecule has 1 unspecified atom stereocenters. The Labute approximate surface area is 169 Å². The molecule has 0 bridgehead atoms. The molecule has 0 aromatic heterocycles. The van der Waals surface area contributed by atoms with Crippen LogP contribution in [0.3, 0.4) is 0 Å². The Balaban J connectivity index is 1.66. The number of hydrogen-bond acceptors (Lipinski definition) is 4. The highest BCUT2D eigenvalue weighted by molar-refractivity contribution is 5.74. The monoisotopic (exact) mass is 389 g/mol. The molecular weight excluding hydrogens is 354 g/mol. The Morgan fingerprint density at radius 3 is 2.50 bits per heavy atom. The summed E-state index contributed by atoms with van der Waals surface area (Å²) in [6.45, 7) is 6.69. The van der Waals surface area contributed by atoms with E-state index in [0.29, 0.717) is 12.6 Å². The van der Waals surface area contributed by atoms with Gasteiger partial charge in [0.15, 0.2) is 0 Å². The highest BCUT2D eigenvalue weighted by atomic mass is 16.5. The molecule has 156 valence electrons. The van der Waals surface area contributed by atoms with Crippen LogP contribution in [0, 0.1) is 0 Å². The minimum absolute atomic E-state index is 0.0705. The van der Waals surface area contributed by atoms with Crippen LogP contribution in [0.25, 0.3) is 0 Å². The fraction of sp³-hybridized carbons (Fsp3) is 0.682. The van der Waals surface area contributed by atoms with Crippen LogP contribution in [0.5, 0.6) is 5.75 Å². The van der Waals surface area contributed by atoms with Gasteiger partial charge in [0.25, 0.3) is 0 Å². The lowest BCUT2D eigenvalue weighted by molar-refractivity contribution is 0.0163. The lowest BCUT2D eigenvalue weighted by Crippen LogP contribution is -2.50. The Morgan fingerprint density at radius 1 is 1.21 bits per heavy atom. The standard InChI is InChI=1S/C22H35N3O3/c1-3-25(19-7-5-4-6-8-19)22(26)23-17-21(24-13-15-28-16-14-24)18-9-11-20(27-2)12-10-18/h9-12,19,21H,3-8,13-17H2,1-2H3,(H,23,26). The summed E-state index contributed by atoms with van der Waals surface area (Å²) in [6, 6.07) is 8.79. The molecule has 2 fully saturated rings. The molecule has 2 amide bonds. The highest BCUT2D eigenvalue weighted by Gasteiger charge is 2.27. The second kappa shape index (κ2) is 10.7. The van der Waals surface area contributed by atoms with Crippen LogP contribution >= 0.6 is 0 Å². The third kappa shape index (κ3) is 5.39. The molecule has 1 saturated heterocycles. The predicted octanol–water partition coefficient (Wildman–Crippen LogP) is 3.43. The number of nitrogens with zero attached hydrogens (tertiary/aromatic N) is 2. The van der Waals surface area contributed by atoms with Crippen LogP contribution in [-0.2, 0) is 4.74 Å². The molecule has 1 aromatic rings. The van der Waals surface area contributed by atoms with E-state index in [0.717, 1.165) is 51.4 Å². The molecule has 1 heterocycles. The van der Waals surface area contributed by atoms with Gasteiger partial charge in [-0.3, -0.25) is 4.90 Å². The molecule has 1 saturated carbocycles. The number of morpholine rings is 1. The number of carbonyl (C=O) groups excluding carboxylic acids is 1. The number of rotatable bonds is 7. The fourth-order valence-electron chi connectivity index (χ4n) is 4.42. The van der Waals surface area contributed by atoms with Crippen LogP contribution in [0.15, 0.2) is 24.3 Å². The first-order valence-corrected chi connectivity index (χ1v) is 10.7. The summed E-state index contributed by atoms with van der Waals surface area (Å²) in [5, 5.41) is 3.23. The number of benzene rings is 1. The highest BCUT2D eigenvalue weighted by Crippen LogP contribution is 2.25. The van der Waals surface area contributed by atoms with Crippen molar-refractivity contribution < 1.29 is 14.3 Å². The van der Waals surface area contributed by atoms with Gasteiger partial charge in [0.2, 0.25) is 0 Å². The molecule has 28 heavy (non-hydrogen) atoms. The number of methoxy groups -OCH3 is 1. The summed E-state index contributed by atoms with van der Waals surface area (Å²) >= 11 is 0. The Kier molecular flexibility index (Phi) is 7.98. The van der Waals surface area contributed by atoms with Crippen molar-refractivity contribution in [2.45, 2.75) is 51.1 Å². The predicted molar refractivity (Wildman–Crippen MR) is 111 cm³/mol. The van der Waals surface area contributed by atoms with Crippen LogP contribution < -0.4 is 10.1 Å². The first-order chi connectivity index (χ1) is 13.7. The Bertz CT molecular complexity index is 596. The SMILES string of the molecule is CCN(C(=O)NCC(c1ccc(OC)cc1)N1CCOCC1)C1CCCCC1. The minimum atomic E-state index is 0.0705. The molecular formula is C22H35N3O3. The average Bonchev–Trinajstić information content (AvgIpc) is 2.76. The minimum Gasteiger partial charge on any atom is -0.497 e. The molecule has 1 atom stereocenters. The van der Waals surface area contributed by atoms with E-state index < -0.39 is 0 Å². The van der Waals surface area contributed by atoms with Gasteiger partial charge in [-0.1, -0.05) is 31.4 Å². The lowest BCUT2D eigenvalue weighted by Gasteiger charge is -2.37. The lowest BCUT2D eigenvalue weighted by atomic mass is 9.94. The van der Waals surface area contributed by atoms with Crippen molar-refractivity contribution in [1.29, 1.82) is 0 Å². The molecule has 1 N–H and O–H groups in total. The number of ether oxygens (including phenoxy) is 2. The van der Waals surface area contributed by atoms with E-state index in [9.17, 15) is 4.79 Å². The maximum absolute atomic E-state index is 12.9. The van der Waals surface area contributed by atoms with Gasteiger partial charge in [0, 0.05) is 32.2 Å². The van der Waals surface area contributed by atoms with Crippen LogP contribution in [0.2, 0.25) is 0 Å². The average molecular weight is 390 g/mol. The Hall–Kier alpha value is -1.79. The molecule has 1 aromatic carbocycles. The fourth-order valence-corrected chi connectivity index (χ4v) is 4.42. The number of carbonyl (C=O) groups is 1. The van der Waals surface area contributed by atoms with Crippen LogP contribution in [-0.4, -0.2) is 68.4 Å². The van der Waals surface area contributed by atoms with E-state index in [1.54, 1.807) is 7.11 Å². The second-order valence-electron chi connectivity index (χ2n) is 7.70. The molecule has 3 rings (SSSR count). The topological polar surface area (TPSA) is 54.0 Å². The van der Waals surface area contributed by atoms with Crippen molar-refractivity contribution in [3.05, 3.63) is 29.8 Å². The third-order valence-corrected chi connectivity index (χ3v) is 6.05. The number of amides is 2. The number of hydrogen-bond donors (Lipinski definition) is 1. The van der Waals surface area contributed by atoms with E-state index in [1.165, 1.54) is 24.8 Å². The Morgan fingerprint density at radius 2 is 1.89 bits per heavy atom. The summed E-state index contributed by atoms with van der Waals surface area (Å²) in [7, 11) is 1.68. The maximum atomic E-state index is 12.9. The largest absolute Gasteiger partial charge is 0.497 e. The first kappa shape index (κ1) is 20.9. The zero-order chi connectivity index (χ0) is 19.8. The smallest absolute Gasteiger partial charge is 0.317 e. The quantitative estimate of drug-likeness (QED) is 0.776. The van der Waals surface area contributed by atoms with Gasteiger partial charge in [0.1, 0.15) is 5.75 Å². The molecule has 1 aliphatic heterocycles. The summed E-state index contributed by atoms with van der Waals surface area (Å²) in [5.74, 6) is 0.850. The van der Waals surface area contributed by atoms with Gasteiger partial charge in [-0.2, -0.15) is 0 Å². The summed E-state index contributed by atoms with van der Waals surface area (Å²) in [5.41, 5.74) is 1.20. The maximum Gasteiger partial charge on any atom is 0.317 e. The van der Waals surface area contributed by atoms with Crippen molar-refractivity contribution >= 4 is 6.03 Å². The molecule has 2 aliphatic rings. The number of nitrogens with one attached hydrogen (secondary N) is 1. The number of urea groups is 1. The van der Waals surface area contributed by atoms with E-state index in [4.69, 9.17) is 9.47 Å². The third-order valence-electron chi connectivity index (χ3n) is 6.05. The van der Waals surface area contributed by atoms with Gasteiger partial charge in [0.05, 0.1) is 26.4 Å². The molecule has 1 aliphatic carbocycles. The second-order valence-corrected chi connectivity index (χ2v) is 7.70. The van der Waals surface area contributed by atoms with Crippen molar-refractivity contribution in [2.24, 2.45) is 0 Å². The van der Waals surface area contributed by atoms with Gasteiger partial charge in [-0.15, -0.1) is 0 Å². The molecule has 6 nitrogen and oxygen atoms in total. The van der Waals surface area contributed by atoms with Crippen LogP contribution in [0.1, 0.15) is 50.6 Å². The van der Waals surface area contributed by atoms with Gasteiger partial charge >= 0.3 is 6.03 Å². The summed E-state index contributed by atoms with van der Waals surface area (Å²) in [6.07, 6.45) is 6.03. The van der Waals surface area contributed by atoms with Crippen molar-refractivity contribution in [3.8, 4) is 5.75 Å². The van der Waals surface area contributed by atoms with E-state index in [2.05, 4.69) is 29.3 Å². The zero-order valence-electron chi connectivity index (χ0n) is 17.4.